The van der Waals surface area contributed by atoms with E-state index in [0.717, 1.165) is 16.5 Å². The highest BCUT2D eigenvalue weighted by atomic mass is 32.2. The van der Waals surface area contributed by atoms with E-state index in [2.05, 4.69) is 10.3 Å². The summed E-state index contributed by atoms with van der Waals surface area (Å²) in [6.45, 7) is 0. The number of nitrogens with zero attached hydrogens (tertiary/aromatic N) is 1. The van der Waals surface area contributed by atoms with Crippen LogP contribution in [0.5, 0.6) is 11.5 Å². The molecule has 1 heterocycles. The summed E-state index contributed by atoms with van der Waals surface area (Å²) in [5, 5.41) is 5.03. The van der Waals surface area contributed by atoms with Gasteiger partial charge in [-0.15, -0.1) is 0 Å². The van der Waals surface area contributed by atoms with Crippen LogP contribution in [-0.2, 0) is 9.84 Å². The van der Waals surface area contributed by atoms with Crippen molar-refractivity contribution in [1.82, 2.24) is 4.98 Å². The second-order valence-corrected chi connectivity index (χ2v) is 7.53. The first-order chi connectivity index (χ1) is 11.9. The Morgan fingerprint density at radius 2 is 1.60 bits per heavy atom. The smallest absolute Gasteiger partial charge is 0.175 e. The Morgan fingerprint density at radius 3 is 2.20 bits per heavy atom. The molecule has 25 heavy (non-hydrogen) atoms. The number of benzene rings is 2. The Hall–Kier alpha value is -2.80. The maximum absolute atomic E-state index is 11.5. The minimum absolute atomic E-state index is 0.273. The van der Waals surface area contributed by atoms with Crippen LogP contribution in [-0.4, -0.2) is 33.9 Å². The molecule has 0 radical (unpaired) electrons. The molecule has 0 aliphatic carbocycles. The Morgan fingerprint density at radius 1 is 0.960 bits per heavy atom. The van der Waals surface area contributed by atoms with Gasteiger partial charge in [0.25, 0.3) is 0 Å². The van der Waals surface area contributed by atoms with Crippen molar-refractivity contribution < 1.29 is 17.9 Å². The Balaban J connectivity index is 2.01. The van der Waals surface area contributed by atoms with Crippen molar-refractivity contribution >= 4 is 32.1 Å². The lowest BCUT2D eigenvalue weighted by Crippen LogP contribution is -1.99. The molecule has 0 amide bonds. The summed E-state index contributed by atoms with van der Waals surface area (Å²) < 4.78 is 33.8. The molecule has 0 bridgehead atoms. The molecule has 7 heteroatoms. The molecule has 130 valence electrons. The lowest BCUT2D eigenvalue weighted by molar-refractivity contribution is 0.356. The second-order valence-electron chi connectivity index (χ2n) is 5.51. The van der Waals surface area contributed by atoms with Gasteiger partial charge in [0.15, 0.2) is 21.3 Å². The molecular formula is C18H18N2O4S. The lowest BCUT2D eigenvalue weighted by Gasteiger charge is -2.13. The fourth-order valence-corrected chi connectivity index (χ4v) is 3.15. The van der Waals surface area contributed by atoms with E-state index in [1.54, 1.807) is 44.7 Å². The number of fused-ring (bicyclic) bond motifs is 1. The number of nitrogens with one attached hydrogen (secondary N) is 1. The van der Waals surface area contributed by atoms with E-state index >= 15 is 0 Å². The summed E-state index contributed by atoms with van der Waals surface area (Å²) in [6, 6.07) is 12.2. The molecule has 0 saturated heterocycles. The Bertz CT molecular complexity index is 1020. The van der Waals surface area contributed by atoms with Crippen LogP contribution >= 0.6 is 0 Å². The third-order valence-corrected chi connectivity index (χ3v) is 4.94. The highest BCUT2D eigenvalue weighted by Crippen LogP contribution is 2.35. The van der Waals surface area contributed by atoms with Crippen LogP contribution in [0.15, 0.2) is 53.6 Å². The van der Waals surface area contributed by atoms with E-state index in [-0.39, 0.29) is 4.90 Å². The van der Waals surface area contributed by atoms with Crippen molar-refractivity contribution in [3.8, 4) is 11.5 Å². The summed E-state index contributed by atoms with van der Waals surface area (Å²) in [4.78, 5) is 4.65. The maximum atomic E-state index is 11.5. The van der Waals surface area contributed by atoms with E-state index in [1.807, 2.05) is 18.2 Å². The van der Waals surface area contributed by atoms with Crippen molar-refractivity contribution in [3.05, 3.63) is 48.7 Å². The summed E-state index contributed by atoms with van der Waals surface area (Å²) in [5.41, 5.74) is 0.738. The number of pyridine rings is 1. The fourth-order valence-electron chi connectivity index (χ4n) is 2.52. The Kier molecular flexibility index (Phi) is 4.50. The summed E-state index contributed by atoms with van der Waals surface area (Å²) in [6.07, 6.45) is 2.88. The minimum atomic E-state index is -3.22. The van der Waals surface area contributed by atoms with Gasteiger partial charge >= 0.3 is 0 Å². The highest BCUT2D eigenvalue weighted by Gasteiger charge is 2.11. The quantitative estimate of drug-likeness (QED) is 0.753. The molecule has 0 aliphatic rings. The monoisotopic (exact) mass is 358 g/mol. The summed E-state index contributed by atoms with van der Waals surface area (Å²) >= 11 is 0. The number of aromatic nitrogens is 1. The molecule has 0 spiro atoms. The zero-order valence-corrected chi connectivity index (χ0v) is 14.9. The lowest BCUT2D eigenvalue weighted by atomic mass is 10.1. The van der Waals surface area contributed by atoms with Crippen LogP contribution in [0.4, 0.5) is 11.5 Å². The van der Waals surface area contributed by atoms with E-state index in [1.165, 1.54) is 6.26 Å². The number of anilines is 2. The molecule has 2 aromatic carbocycles. The minimum Gasteiger partial charge on any atom is -0.493 e. The predicted molar refractivity (Wildman–Crippen MR) is 97.7 cm³/mol. The average Bonchev–Trinajstić information content (AvgIpc) is 2.60. The van der Waals surface area contributed by atoms with Gasteiger partial charge in [0.2, 0.25) is 0 Å². The van der Waals surface area contributed by atoms with E-state index in [9.17, 15) is 8.42 Å². The zero-order valence-electron chi connectivity index (χ0n) is 14.1. The van der Waals surface area contributed by atoms with Crippen LogP contribution in [0.3, 0.4) is 0 Å². The number of ether oxygens (including phenoxy) is 2. The third-order valence-electron chi connectivity index (χ3n) is 3.81. The van der Waals surface area contributed by atoms with Gasteiger partial charge in [-0.1, -0.05) is 0 Å². The molecule has 0 atom stereocenters. The van der Waals surface area contributed by atoms with E-state index in [0.29, 0.717) is 17.3 Å². The number of hydrogen-bond acceptors (Lipinski definition) is 6. The van der Waals surface area contributed by atoms with Gasteiger partial charge in [-0.05, 0) is 47.9 Å². The zero-order chi connectivity index (χ0) is 18.0. The summed E-state index contributed by atoms with van der Waals surface area (Å²) in [5.74, 6) is 1.90. The molecule has 1 N–H and O–H groups in total. The highest BCUT2D eigenvalue weighted by molar-refractivity contribution is 7.90. The molecular weight excluding hydrogens is 340 g/mol. The molecule has 1 aromatic heterocycles. The van der Waals surface area contributed by atoms with Crippen LogP contribution < -0.4 is 14.8 Å². The van der Waals surface area contributed by atoms with Crippen LogP contribution in [0.2, 0.25) is 0 Å². The summed E-state index contributed by atoms with van der Waals surface area (Å²) in [7, 11) is -0.0466. The van der Waals surface area contributed by atoms with Gasteiger partial charge in [-0.2, -0.15) is 0 Å². The number of rotatable bonds is 5. The van der Waals surface area contributed by atoms with Gasteiger partial charge in [0.1, 0.15) is 5.82 Å². The van der Waals surface area contributed by atoms with Crippen molar-refractivity contribution in [2.75, 3.05) is 25.8 Å². The molecule has 3 aromatic rings. The van der Waals surface area contributed by atoms with Crippen molar-refractivity contribution in [1.29, 1.82) is 0 Å². The molecule has 3 rings (SSSR count). The van der Waals surface area contributed by atoms with Gasteiger partial charge in [-0.3, -0.25) is 0 Å². The fraction of sp³-hybridized carbons (Fsp3) is 0.167. The maximum Gasteiger partial charge on any atom is 0.175 e. The number of hydrogen-bond donors (Lipinski definition) is 1. The molecule has 0 saturated carbocycles. The average molecular weight is 358 g/mol. The first-order valence-corrected chi connectivity index (χ1v) is 9.39. The molecule has 0 unspecified atom stereocenters. The standard InChI is InChI=1S/C18H18N2O4S/c1-23-16-10-12-8-9-19-18(15(12)11-17(16)24-2)20-13-4-6-14(7-5-13)25(3,21)22/h4-11H,1-3H3,(H,19,20). The SMILES string of the molecule is COc1cc2ccnc(Nc3ccc(S(C)(=O)=O)cc3)c2cc1OC. The number of methoxy groups -OCH3 is 2. The molecule has 0 fully saturated rings. The second kappa shape index (κ2) is 6.60. The van der Waals surface area contributed by atoms with Crippen molar-refractivity contribution in [2.45, 2.75) is 4.90 Å². The topological polar surface area (TPSA) is 77.5 Å². The first-order valence-electron chi connectivity index (χ1n) is 7.50. The van der Waals surface area contributed by atoms with Crippen molar-refractivity contribution in [2.24, 2.45) is 0 Å². The normalized spacial score (nSPS) is 11.3. The Labute approximate surface area is 146 Å². The third kappa shape index (κ3) is 3.51. The van der Waals surface area contributed by atoms with Crippen LogP contribution in [0, 0.1) is 0 Å². The van der Waals surface area contributed by atoms with Gasteiger partial charge in [0, 0.05) is 23.5 Å². The van der Waals surface area contributed by atoms with Crippen LogP contribution in [0.25, 0.3) is 10.8 Å². The number of sulfone groups is 1. The van der Waals surface area contributed by atoms with E-state index in [4.69, 9.17) is 9.47 Å². The van der Waals surface area contributed by atoms with Gasteiger partial charge < -0.3 is 14.8 Å². The molecule has 0 aliphatic heterocycles. The van der Waals surface area contributed by atoms with E-state index < -0.39 is 9.84 Å². The molecule has 6 nitrogen and oxygen atoms in total. The predicted octanol–water partition coefficient (Wildman–Crippen LogP) is 3.40. The van der Waals surface area contributed by atoms with Gasteiger partial charge in [0.05, 0.1) is 19.1 Å². The first kappa shape index (κ1) is 17.0. The van der Waals surface area contributed by atoms with Gasteiger partial charge in [-0.25, -0.2) is 13.4 Å². The van der Waals surface area contributed by atoms with Crippen molar-refractivity contribution in [3.63, 3.8) is 0 Å². The van der Waals surface area contributed by atoms with Crippen LogP contribution in [0.1, 0.15) is 0 Å². The largest absolute Gasteiger partial charge is 0.493 e.